The molecule has 0 radical (unpaired) electrons. The zero-order valence-corrected chi connectivity index (χ0v) is 31.5. The summed E-state index contributed by atoms with van der Waals surface area (Å²) in [4.78, 5) is 17.6. The maximum atomic E-state index is 5.54. The van der Waals surface area contributed by atoms with Gasteiger partial charge in [0.15, 0.2) is 0 Å². The number of hydrogen-bond acceptors (Lipinski definition) is 5. The van der Waals surface area contributed by atoms with Crippen LogP contribution in [0.5, 0.6) is 0 Å². The molecule has 5 heterocycles. The van der Waals surface area contributed by atoms with Crippen molar-refractivity contribution in [2.24, 2.45) is 0 Å². The summed E-state index contributed by atoms with van der Waals surface area (Å²) in [5.74, 6) is 0. The third-order valence-electron chi connectivity index (χ3n) is 7.47. The minimum Gasteiger partial charge on any atom is -0.510 e. The fourth-order valence-electron chi connectivity index (χ4n) is 5.14. The van der Waals surface area contributed by atoms with E-state index in [-0.39, 0.29) is 42.1 Å². The van der Waals surface area contributed by atoms with Gasteiger partial charge in [0.05, 0.1) is 11.4 Å². The molecule has 0 aliphatic carbocycles. The van der Waals surface area contributed by atoms with Crippen LogP contribution in [0.2, 0.25) is 0 Å². The fourth-order valence-corrected chi connectivity index (χ4v) is 5.14. The van der Waals surface area contributed by atoms with Crippen LogP contribution < -0.4 is 0 Å². The van der Waals surface area contributed by atoms with Crippen LogP contribution in [0.4, 0.5) is 0 Å². The van der Waals surface area contributed by atoms with Gasteiger partial charge in [-0.2, -0.15) is 36.4 Å². The number of nitrogens with zero attached hydrogens (tertiary/aromatic N) is 4. The molecule has 0 atom stereocenters. The third kappa shape index (κ3) is 9.46. The molecule has 51 heavy (non-hydrogen) atoms. The minimum atomic E-state index is 0. The van der Waals surface area contributed by atoms with Gasteiger partial charge in [0.25, 0.3) is 0 Å². The van der Waals surface area contributed by atoms with Crippen LogP contribution in [0, 0.1) is 24.3 Å². The molecule has 5 aromatic heterocycles. The van der Waals surface area contributed by atoms with Crippen LogP contribution in [-0.4, -0.2) is 19.9 Å². The first-order valence-corrected chi connectivity index (χ1v) is 15.7. The summed E-state index contributed by atoms with van der Waals surface area (Å²) < 4.78 is 5.54. The van der Waals surface area contributed by atoms with Crippen molar-refractivity contribution >= 4 is 21.9 Å². The molecule has 0 N–H and O–H groups in total. The second kappa shape index (κ2) is 18.6. The van der Waals surface area contributed by atoms with Gasteiger partial charge in [0, 0.05) is 41.1 Å². The number of furan rings is 1. The fraction of sp³-hybridized carbons (Fsp3) is 0. The number of fused-ring (bicyclic) bond motifs is 3. The number of rotatable bonds is 4. The Balaban J connectivity index is 0.000000147. The van der Waals surface area contributed by atoms with Crippen molar-refractivity contribution in [2.45, 2.75) is 0 Å². The molecular formula is C44H28N4OPt2. The normalized spacial score (nSPS) is 10.0. The largest absolute Gasteiger partial charge is 2.00 e. The van der Waals surface area contributed by atoms with Gasteiger partial charge in [-0.1, -0.05) is 53.6 Å². The van der Waals surface area contributed by atoms with Crippen LogP contribution >= 0.6 is 0 Å². The molecular weight excluding hydrogens is 991 g/mol. The van der Waals surface area contributed by atoms with Gasteiger partial charge in [-0.3, -0.25) is 19.9 Å². The molecule has 0 spiro atoms. The van der Waals surface area contributed by atoms with Crippen molar-refractivity contribution in [3.05, 3.63) is 195 Å². The predicted octanol–water partition coefficient (Wildman–Crippen LogP) is 10.4. The minimum absolute atomic E-state index is 0. The van der Waals surface area contributed by atoms with Gasteiger partial charge in [-0.05, 0) is 36.0 Å². The molecule has 0 fully saturated rings. The van der Waals surface area contributed by atoms with Crippen LogP contribution in [0.25, 0.3) is 67.1 Å². The number of pyridine rings is 4. The first kappa shape index (κ1) is 36.9. The summed E-state index contributed by atoms with van der Waals surface area (Å²) in [7, 11) is 0. The Hall–Kier alpha value is -5.34. The standard InChI is InChI=1S/2C16H11N2.C12H6O.2Pt/c1-3-10-17-15(8-1)13-6-5-7-14(12-13)16-9-2-4-11-18-16;1-2-7-13(8-3-1)14-10-6-11-16(18-14)15-9-4-5-12-17-15;1-3-7-11-9(5-1)10-6-2-4-8-12(10)13-11;;/h1-11H;1-7,9-12H;1-6H;;/q2*-1;-2;2*+2. The predicted molar refractivity (Wildman–Crippen MR) is 195 cm³/mol. The van der Waals surface area contributed by atoms with Crippen molar-refractivity contribution in [1.29, 1.82) is 0 Å². The maximum Gasteiger partial charge on any atom is 2.00 e. The van der Waals surface area contributed by atoms with E-state index in [0.29, 0.717) is 0 Å². The van der Waals surface area contributed by atoms with Gasteiger partial charge in [-0.15, -0.1) is 83.1 Å². The summed E-state index contributed by atoms with van der Waals surface area (Å²) >= 11 is 0. The van der Waals surface area contributed by atoms with E-state index in [1.165, 1.54) is 0 Å². The molecule has 0 bridgehead atoms. The van der Waals surface area contributed by atoms with Gasteiger partial charge in [0.2, 0.25) is 0 Å². The topological polar surface area (TPSA) is 64.7 Å². The zero-order chi connectivity index (χ0) is 33.1. The van der Waals surface area contributed by atoms with E-state index < -0.39 is 0 Å². The van der Waals surface area contributed by atoms with Crippen LogP contribution in [-0.2, 0) is 42.1 Å². The van der Waals surface area contributed by atoms with E-state index >= 15 is 0 Å². The van der Waals surface area contributed by atoms with E-state index in [9.17, 15) is 0 Å². The smallest absolute Gasteiger partial charge is 0.510 e. The second-order valence-electron chi connectivity index (χ2n) is 10.7. The van der Waals surface area contributed by atoms with E-state index in [4.69, 9.17) is 4.42 Å². The number of hydrogen-bond donors (Lipinski definition) is 0. The maximum absolute atomic E-state index is 5.54. The SMILES string of the molecule is [Pt+2].[Pt+2].[c-]1c(-c2ccccn2)cccc1-c1ccccn1.[c-]1cccc2c1oc1[c-]cccc12.[c-]1ccccc1-c1cccc(-c2ccccn2)n1. The third-order valence-corrected chi connectivity index (χ3v) is 7.47. The Morgan fingerprint density at radius 2 is 0.843 bits per heavy atom. The van der Waals surface area contributed by atoms with Crippen molar-refractivity contribution in [3.63, 3.8) is 0 Å². The number of benzene rings is 4. The Morgan fingerprint density at radius 1 is 0.373 bits per heavy atom. The molecule has 9 aromatic rings. The average Bonchev–Trinajstić information content (AvgIpc) is 3.59. The summed E-state index contributed by atoms with van der Waals surface area (Å²) in [5.41, 5.74) is 9.11. The molecule has 0 saturated heterocycles. The molecule has 250 valence electrons. The first-order valence-electron chi connectivity index (χ1n) is 15.7. The quantitative estimate of drug-likeness (QED) is 0.164. The molecule has 4 aromatic carbocycles. The molecule has 0 aliphatic heterocycles. The molecule has 0 aliphatic rings. The molecule has 9 rings (SSSR count). The Kier molecular flexibility index (Phi) is 13.5. The molecule has 5 nitrogen and oxygen atoms in total. The van der Waals surface area contributed by atoms with Crippen LogP contribution in [0.1, 0.15) is 0 Å². The van der Waals surface area contributed by atoms with E-state index in [1.54, 1.807) is 18.6 Å². The van der Waals surface area contributed by atoms with Crippen molar-refractivity contribution in [1.82, 2.24) is 19.9 Å². The summed E-state index contributed by atoms with van der Waals surface area (Å²) in [6.45, 7) is 0. The van der Waals surface area contributed by atoms with Crippen molar-refractivity contribution in [3.8, 4) is 45.2 Å². The Morgan fingerprint density at radius 3 is 1.37 bits per heavy atom. The molecule has 0 amide bonds. The number of para-hydroxylation sites is 2. The van der Waals surface area contributed by atoms with Crippen molar-refractivity contribution < 1.29 is 46.5 Å². The van der Waals surface area contributed by atoms with Gasteiger partial charge in [-0.25, -0.2) is 0 Å². The summed E-state index contributed by atoms with van der Waals surface area (Å²) in [6.07, 6.45) is 5.35. The van der Waals surface area contributed by atoms with Crippen LogP contribution in [0.15, 0.2) is 175 Å². The first-order chi connectivity index (χ1) is 24.3. The number of aromatic nitrogens is 4. The molecule has 7 heteroatoms. The summed E-state index contributed by atoms with van der Waals surface area (Å²) in [6, 6.07) is 61.7. The Bertz CT molecular complexity index is 2110. The molecule has 0 saturated carbocycles. The molecule has 0 unspecified atom stereocenters. The Labute approximate surface area is 326 Å². The average molecular weight is 1020 g/mol. The zero-order valence-electron chi connectivity index (χ0n) is 27.0. The van der Waals surface area contributed by atoms with Crippen LogP contribution in [0.3, 0.4) is 0 Å². The van der Waals surface area contributed by atoms with E-state index in [1.807, 2.05) is 152 Å². The second-order valence-corrected chi connectivity index (χ2v) is 10.7. The monoisotopic (exact) mass is 1020 g/mol. The summed E-state index contributed by atoms with van der Waals surface area (Å²) in [5, 5.41) is 2.21. The van der Waals surface area contributed by atoms with Gasteiger partial charge in [0.1, 0.15) is 0 Å². The van der Waals surface area contributed by atoms with Gasteiger partial charge >= 0.3 is 42.1 Å². The van der Waals surface area contributed by atoms with E-state index in [2.05, 4.69) is 44.2 Å². The van der Waals surface area contributed by atoms with E-state index in [0.717, 1.165) is 67.1 Å². The van der Waals surface area contributed by atoms with Gasteiger partial charge < -0.3 is 4.42 Å². The van der Waals surface area contributed by atoms with Crippen molar-refractivity contribution in [2.75, 3.05) is 0 Å².